The molecule has 0 saturated heterocycles. The molecule has 2 rings (SSSR count). The zero-order valence-electron chi connectivity index (χ0n) is 16.2. The molecule has 0 bridgehead atoms. The third kappa shape index (κ3) is 7.01. The van der Waals surface area contributed by atoms with Crippen LogP contribution >= 0.6 is 23.1 Å². The number of nitrogens with zero attached hydrogens (tertiary/aromatic N) is 2. The zero-order chi connectivity index (χ0) is 20.5. The van der Waals surface area contributed by atoms with E-state index in [9.17, 15) is 9.59 Å². The number of methoxy groups -OCH3 is 2. The molecule has 1 atom stereocenters. The second kappa shape index (κ2) is 10.9. The minimum atomic E-state index is -0.639. The van der Waals surface area contributed by atoms with E-state index < -0.39 is 12.0 Å². The van der Waals surface area contributed by atoms with Crippen molar-refractivity contribution in [3.05, 3.63) is 24.3 Å². The highest BCUT2D eigenvalue weighted by Gasteiger charge is 2.22. The Morgan fingerprint density at radius 2 is 1.89 bits per heavy atom. The molecule has 0 unspecified atom stereocenters. The normalized spacial score (nSPS) is 11.8. The van der Waals surface area contributed by atoms with Crippen LogP contribution in [0.15, 0.2) is 28.6 Å². The number of esters is 1. The summed E-state index contributed by atoms with van der Waals surface area (Å²) in [6.07, 6.45) is 0.526. The average Bonchev–Trinajstić information content (AvgIpc) is 3.13. The summed E-state index contributed by atoms with van der Waals surface area (Å²) in [5.41, 5.74) is 0.862. The monoisotopic (exact) mass is 424 g/mol. The highest BCUT2D eigenvalue weighted by molar-refractivity contribution is 8.01. The Bertz CT molecular complexity index is 780. The standard InChI is InChI=1S/C18H24N4O4S2/c1-11(2)9-14(16(24)26-4)20-15(23)10-27-18-22-21-17(28-18)19-12-5-7-13(25-3)8-6-12/h5-8,11,14H,9-10H2,1-4H3,(H,19,21)(H,20,23)/t14-/m0/s1. The molecule has 2 N–H and O–H groups in total. The van der Waals surface area contributed by atoms with Crippen LogP contribution in [0.3, 0.4) is 0 Å². The number of carbonyl (C=O) groups is 2. The first kappa shape index (κ1) is 22.0. The lowest BCUT2D eigenvalue weighted by Gasteiger charge is -2.17. The number of thioether (sulfide) groups is 1. The predicted molar refractivity (Wildman–Crippen MR) is 110 cm³/mol. The molecule has 0 fully saturated rings. The van der Waals surface area contributed by atoms with E-state index in [0.717, 1.165) is 11.4 Å². The Labute approximate surface area is 172 Å². The van der Waals surface area contributed by atoms with Crippen LogP contribution in [0.2, 0.25) is 0 Å². The van der Waals surface area contributed by atoms with Crippen LogP contribution in [0, 0.1) is 5.92 Å². The molecule has 0 aliphatic carbocycles. The molecule has 1 amide bonds. The Hall–Kier alpha value is -2.33. The van der Waals surface area contributed by atoms with E-state index in [4.69, 9.17) is 9.47 Å². The predicted octanol–water partition coefficient (Wildman–Crippen LogP) is 3.09. The van der Waals surface area contributed by atoms with Gasteiger partial charge in [0.1, 0.15) is 11.8 Å². The van der Waals surface area contributed by atoms with Gasteiger partial charge in [-0.15, -0.1) is 10.2 Å². The molecule has 8 nitrogen and oxygen atoms in total. The number of hydrogen-bond donors (Lipinski definition) is 2. The summed E-state index contributed by atoms with van der Waals surface area (Å²) < 4.78 is 10.5. The van der Waals surface area contributed by atoms with E-state index in [1.54, 1.807) is 7.11 Å². The Morgan fingerprint density at radius 3 is 2.50 bits per heavy atom. The van der Waals surface area contributed by atoms with Crippen molar-refractivity contribution in [2.45, 2.75) is 30.6 Å². The summed E-state index contributed by atoms with van der Waals surface area (Å²) in [5.74, 6) is 0.484. The van der Waals surface area contributed by atoms with E-state index in [-0.39, 0.29) is 17.6 Å². The van der Waals surface area contributed by atoms with Gasteiger partial charge in [-0.3, -0.25) is 4.79 Å². The largest absolute Gasteiger partial charge is 0.497 e. The molecule has 1 aromatic carbocycles. The van der Waals surface area contributed by atoms with Crippen molar-refractivity contribution in [1.29, 1.82) is 0 Å². The minimum Gasteiger partial charge on any atom is -0.497 e. The fourth-order valence-electron chi connectivity index (χ4n) is 2.31. The number of amides is 1. The molecule has 1 heterocycles. The SMILES string of the molecule is COC(=O)[C@H](CC(C)C)NC(=O)CSc1nnc(Nc2ccc(OC)cc2)s1. The van der Waals surface area contributed by atoms with E-state index in [1.165, 1.54) is 30.2 Å². The van der Waals surface area contributed by atoms with Crippen LogP contribution in [0.4, 0.5) is 10.8 Å². The van der Waals surface area contributed by atoms with Crippen LogP contribution in [0.1, 0.15) is 20.3 Å². The number of carbonyl (C=O) groups excluding carboxylic acids is 2. The van der Waals surface area contributed by atoms with Gasteiger partial charge < -0.3 is 20.1 Å². The van der Waals surface area contributed by atoms with Crippen LogP contribution < -0.4 is 15.4 Å². The van der Waals surface area contributed by atoms with Gasteiger partial charge >= 0.3 is 5.97 Å². The van der Waals surface area contributed by atoms with E-state index in [1.807, 2.05) is 38.1 Å². The van der Waals surface area contributed by atoms with Gasteiger partial charge in [0.25, 0.3) is 0 Å². The van der Waals surface area contributed by atoms with E-state index >= 15 is 0 Å². The number of nitrogens with one attached hydrogen (secondary N) is 2. The van der Waals surface area contributed by atoms with Crippen molar-refractivity contribution < 1.29 is 19.1 Å². The van der Waals surface area contributed by atoms with Gasteiger partial charge in [0.15, 0.2) is 4.34 Å². The smallest absolute Gasteiger partial charge is 0.328 e. The molecule has 0 spiro atoms. The molecule has 0 aliphatic heterocycles. The third-order valence-corrected chi connectivity index (χ3v) is 5.57. The lowest BCUT2D eigenvalue weighted by Crippen LogP contribution is -2.43. The molecular weight excluding hydrogens is 400 g/mol. The lowest BCUT2D eigenvalue weighted by molar-refractivity contribution is -0.145. The Kier molecular flexibility index (Phi) is 8.52. The summed E-state index contributed by atoms with van der Waals surface area (Å²) in [7, 11) is 2.93. The van der Waals surface area contributed by atoms with Crippen molar-refractivity contribution in [2.24, 2.45) is 5.92 Å². The zero-order valence-corrected chi connectivity index (χ0v) is 17.9. The lowest BCUT2D eigenvalue weighted by atomic mass is 10.0. The van der Waals surface area contributed by atoms with Gasteiger partial charge in [0.05, 0.1) is 20.0 Å². The summed E-state index contributed by atoms with van der Waals surface area (Å²) in [5, 5.41) is 14.6. The van der Waals surface area contributed by atoms with Crippen LogP contribution in [-0.4, -0.2) is 48.1 Å². The minimum absolute atomic E-state index is 0.142. The summed E-state index contributed by atoms with van der Waals surface area (Å²) >= 11 is 2.61. The summed E-state index contributed by atoms with van der Waals surface area (Å²) in [6.45, 7) is 3.96. The fourth-order valence-corrected chi connectivity index (χ4v) is 3.89. The van der Waals surface area contributed by atoms with Gasteiger partial charge in [-0.1, -0.05) is 36.9 Å². The van der Waals surface area contributed by atoms with Crippen LogP contribution in [-0.2, 0) is 14.3 Å². The van der Waals surface area contributed by atoms with Gasteiger partial charge in [-0.25, -0.2) is 4.79 Å². The number of hydrogen-bond acceptors (Lipinski definition) is 9. The number of rotatable bonds is 10. The highest BCUT2D eigenvalue weighted by Crippen LogP contribution is 2.28. The quantitative estimate of drug-likeness (QED) is 0.443. The van der Waals surface area contributed by atoms with Crippen molar-refractivity contribution >= 4 is 45.8 Å². The Balaban J connectivity index is 1.85. The van der Waals surface area contributed by atoms with Crippen LogP contribution in [0.25, 0.3) is 0 Å². The molecule has 28 heavy (non-hydrogen) atoms. The number of aromatic nitrogens is 2. The van der Waals surface area contributed by atoms with E-state index in [2.05, 4.69) is 20.8 Å². The fraction of sp³-hybridized carbons (Fsp3) is 0.444. The second-order valence-corrected chi connectivity index (χ2v) is 8.49. The van der Waals surface area contributed by atoms with Gasteiger partial charge in [-0.05, 0) is 36.6 Å². The summed E-state index contributed by atoms with van der Waals surface area (Å²) in [4.78, 5) is 24.0. The second-order valence-electron chi connectivity index (χ2n) is 6.29. The number of ether oxygens (including phenoxy) is 2. The van der Waals surface area contributed by atoms with Crippen molar-refractivity contribution in [3.8, 4) is 5.75 Å². The molecular formula is C18H24N4O4S2. The average molecular weight is 425 g/mol. The molecule has 0 saturated carbocycles. The molecule has 0 aliphatic rings. The number of anilines is 2. The van der Waals surface area contributed by atoms with Crippen molar-refractivity contribution in [2.75, 3.05) is 25.3 Å². The van der Waals surface area contributed by atoms with Gasteiger partial charge in [-0.2, -0.15) is 0 Å². The highest BCUT2D eigenvalue weighted by atomic mass is 32.2. The Morgan fingerprint density at radius 1 is 1.18 bits per heavy atom. The van der Waals surface area contributed by atoms with E-state index in [0.29, 0.717) is 15.9 Å². The van der Waals surface area contributed by atoms with Crippen molar-refractivity contribution in [1.82, 2.24) is 15.5 Å². The first-order valence-corrected chi connectivity index (χ1v) is 10.5. The molecule has 0 radical (unpaired) electrons. The number of benzene rings is 1. The van der Waals surface area contributed by atoms with Crippen molar-refractivity contribution in [3.63, 3.8) is 0 Å². The first-order valence-electron chi connectivity index (χ1n) is 8.65. The maximum Gasteiger partial charge on any atom is 0.328 e. The summed E-state index contributed by atoms with van der Waals surface area (Å²) in [6, 6.07) is 6.81. The molecule has 10 heteroatoms. The third-order valence-electron chi connectivity index (χ3n) is 3.60. The first-order chi connectivity index (χ1) is 13.4. The molecule has 152 valence electrons. The molecule has 1 aromatic heterocycles. The van der Waals surface area contributed by atoms with Crippen LogP contribution in [0.5, 0.6) is 5.75 Å². The molecule has 2 aromatic rings. The van der Waals surface area contributed by atoms with Gasteiger partial charge in [0.2, 0.25) is 11.0 Å². The maximum absolute atomic E-state index is 12.2. The van der Waals surface area contributed by atoms with Gasteiger partial charge in [0, 0.05) is 5.69 Å². The topological polar surface area (TPSA) is 102 Å². The maximum atomic E-state index is 12.2.